The molecular formula is C30H40N2O3. The quantitative estimate of drug-likeness (QED) is 0.584. The first kappa shape index (κ1) is 24.5. The van der Waals surface area contributed by atoms with Crippen molar-refractivity contribution in [1.82, 2.24) is 0 Å². The molecule has 35 heavy (non-hydrogen) atoms. The maximum absolute atomic E-state index is 14.1. The smallest absolute Gasteiger partial charge is 0.217 e. The summed E-state index contributed by atoms with van der Waals surface area (Å²) in [7, 11) is 0. The molecular weight excluding hydrogens is 436 g/mol. The topological polar surface area (TPSA) is 101 Å². The molecule has 8 atom stereocenters. The molecule has 0 aromatic heterocycles. The molecule has 1 amide bonds. The normalized spacial score (nSPS) is 46.1. The summed E-state index contributed by atoms with van der Waals surface area (Å²) in [5.41, 5.74) is 5.68. The Kier molecular flexibility index (Phi) is 5.34. The van der Waals surface area contributed by atoms with Gasteiger partial charge in [0.15, 0.2) is 11.6 Å². The van der Waals surface area contributed by atoms with Crippen molar-refractivity contribution in [1.29, 1.82) is 5.26 Å². The molecule has 5 heteroatoms. The van der Waals surface area contributed by atoms with Gasteiger partial charge in [-0.2, -0.15) is 5.26 Å². The third-order valence-electron chi connectivity index (χ3n) is 11.5. The molecule has 8 unspecified atom stereocenters. The number of hydrogen-bond donors (Lipinski definition) is 1. The Labute approximate surface area is 209 Å². The number of nitrogens with two attached hydrogens (primary N) is 1. The Morgan fingerprint density at radius 1 is 1.11 bits per heavy atom. The average Bonchev–Trinajstić information content (AvgIpc) is 2.77. The van der Waals surface area contributed by atoms with E-state index >= 15 is 0 Å². The zero-order valence-corrected chi connectivity index (χ0v) is 21.9. The van der Waals surface area contributed by atoms with Crippen molar-refractivity contribution in [3.63, 3.8) is 0 Å². The van der Waals surface area contributed by atoms with Crippen LogP contribution in [0.3, 0.4) is 0 Å². The van der Waals surface area contributed by atoms with Crippen LogP contribution in [0.2, 0.25) is 0 Å². The van der Waals surface area contributed by atoms with Crippen LogP contribution in [0, 0.1) is 62.6 Å². The first-order valence-corrected chi connectivity index (χ1v) is 13.5. The van der Waals surface area contributed by atoms with Crippen molar-refractivity contribution < 1.29 is 14.4 Å². The van der Waals surface area contributed by atoms with Gasteiger partial charge in [0.2, 0.25) is 5.91 Å². The fourth-order valence-electron chi connectivity index (χ4n) is 10.2. The summed E-state index contributed by atoms with van der Waals surface area (Å²) in [5.74, 6) is 0.657. The van der Waals surface area contributed by atoms with E-state index in [9.17, 15) is 19.6 Å². The third kappa shape index (κ3) is 3.14. The summed E-state index contributed by atoms with van der Waals surface area (Å²) < 4.78 is 0. The van der Waals surface area contributed by atoms with Crippen LogP contribution in [0.25, 0.3) is 0 Å². The zero-order valence-electron chi connectivity index (χ0n) is 21.9. The lowest BCUT2D eigenvalue weighted by molar-refractivity contribution is -0.152. The van der Waals surface area contributed by atoms with Crippen LogP contribution >= 0.6 is 0 Å². The highest BCUT2D eigenvalue weighted by Gasteiger charge is 2.65. The van der Waals surface area contributed by atoms with E-state index in [2.05, 4.69) is 26.8 Å². The van der Waals surface area contributed by atoms with Crippen molar-refractivity contribution in [2.24, 2.45) is 57.0 Å². The number of amides is 1. The average molecular weight is 477 g/mol. The zero-order chi connectivity index (χ0) is 25.6. The van der Waals surface area contributed by atoms with E-state index in [1.165, 1.54) is 0 Å². The fourth-order valence-corrected chi connectivity index (χ4v) is 10.2. The van der Waals surface area contributed by atoms with E-state index in [1.807, 2.05) is 26.0 Å². The maximum Gasteiger partial charge on any atom is 0.217 e. The number of carbonyl (C=O) groups is 3. The molecule has 5 aliphatic carbocycles. The number of ketones is 2. The predicted molar refractivity (Wildman–Crippen MR) is 133 cm³/mol. The molecule has 188 valence electrons. The number of primary amides is 1. The molecule has 0 spiro atoms. The molecule has 5 rings (SSSR count). The van der Waals surface area contributed by atoms with Crippen LogP contribution in [0.4, 0.5) is 0 Å². The minimum atomic E-state index is -0.641. The number of fused-ring (bicyclic) bond motifs is 7. The maximum atomic E-state index is 14.1. The molecule has 0 aromatic carbocycles. The molecule has 3 saturated carbocycles. The van der Waals surface area contributed by atoms with E-state index < -0.39 is 10.8 Å². The minimum Gasteiger partial charge on any atom is -0.370 e. The Morgan fingerprint density at radius 3 is 2.49 bits per heavy atom. The van der Waals surface area contributed by atoms with Crippen LogP contribution < -0.4 is 5.73 Å². The summed E-state index contributed by atoms with van der Waals surface area (Å²) in [4.78, 5) is 39.4. The van der Waals surface area contributed by atoms with Gasteiger partial charge in [0, 0.05) is 23.2 Å². The van der Waals surface area contributed by atoms with Gasteiger partial charge in [-0.1, -0.05) is 59.1 Å². The third-order valence-corrected chi connectivity index (χ3v) is 11.5. The standard InChI is InChI=1S/C30H40N2O3/c1-17-7-6-10-30(15-23(32)34)12-8-19-24(25(17)30)20(33)13-22-28(19,4)11-9-21-27(2,3)26(35)18(16-31)14-29(21,22)5/h13-14,17,19,21,24-25H,6-12,15H2,1-5H3,(H2,32,34). The summed E-state index contributed by atoms with van der Waals surface area (Å²) in [6, 6.07) is 2.16. The van der Waals surface area contributed by atoms with Crippen molar-refractivity contribution in [3.05, 3.63) is 23.3 Å². The highest BCUT2D eigenvalue weighted by Crippen LogP contribution is 2.70. The monoisotopic (exact) mass is 476 g/mol. The minimum absolute atomic E-state index is 0.0643. The van der Waals surface area contributed by atoms with Crippen LogP contribution in [0.5, 0.6) is 0 Å². The summed E-state index contributed by atoms with van der Waals surface area (Å²) in [5, 5.41) is 9.79. The second-order valence-electron chi connectivity index (χ2n) is 13.5. The lowest BCUT2D eigenvalue weighted by atomic mass is 9.38. The Balaban J connectivity index is 1.65. The molecule has 0 radical (unpaired) electrons. The first-order chi connectivity index (χ1) is 16.3. The molecule has 0 aromatic rings. The van der Waals surface area contributed by atoms with Gasteiger partial charge in [-0.3, -0.25) is 14.4 Å². The first-order valence-electron chi connectivity index (χ1n) is 13.5. The van der Waals surface area contributed by atoms with E-state index in [1.54, 1.807) is 0 Å². The molecule has 5 nitrogen and oxygen atoms in total. The van der Waals surface area contributed by atoms with Crippen molar-refractivity contribution in [2.45, 2.75) is 86.0 Å². The van der Waals surface area contributed by atoms with Gasteiger partial charge in [0.05, 0.1) is 5.57 Å². The highest BCUT2D eigenvalue weighted by atomic mass is 16.1. The molecule has 0 saturated heterocycles. The molecule has 3 fully saturated rings. The van der Waals surface area contributed by atoms with Gasteiger partial charge in [0.25, 0.3) is 0 Å². The highest BCUT2D eigenvalue weighted by molar-refractivity contribution is 6.04. The SMILES string of the molecule is CC1CCCC2(CC(N)=O)CCC3C(C(=O)C=C4C5(C)C=C(C#N)C(=O)C(C)(C)C5CCC43C)C12. The van der Waals surface area contributed by atoms with E-state index in [4.69, 9.17) is 5.73 Å². The summed E-state index contributed by atoms with van der Waals surface area (Å²) in [6.45, 7) is 10.7. The number of Topliss-reactive ketones (excluding diaryl/α,β-unsaturated/α-hetero) is 1. The number of hydrogen-bond acceptors (Lipinski definition) is 4. The second-order valence-corrected chi connectivity index (χ2v) is 13.5. The van der Waals surface area contributed by atoms with Gasteiger partial charge in [-0.15, -0.1) is 0 Å². The van der Waals surface area contributed by atoms with Crippen LogP contribution in [-0.2, 0) is 14.4 Å². The van der Waals surface area contributed by atoms with E-state index in [0.29, 0.717) is 12.3 Å². The number of nitrogens with zero attached hydrogens (tertiary/aromatic N) is 1. The van der Waals surface area contributed by atoms with E-state index in [-0.39, 0.29) is 57.5 Å². The molecule has 0 heterocycles. The fraction of sp³-hybridized carbons (Fsp3) is 0.733. The van der Waals surface area contributed by atoms with Gasteiger partial charge >= 0.3 is 0 Å². The Hall–Kier alpha value is -2.22. The number of allylic oxidation sites excluding steroid dienone is 4. The largest absolute Gasteiger partial charge is 0.370 e. The Morgan fingerprint density at radius 2 is 1.83 bits per heavy atom. The van der Waals surface area contributed by atoms with Crippen LogP contribution in [0.15, 0.2) is 23.3 Å². The molecule has 2 N–H and O–H groups in total. The van der Waals surface area contributed by atoms with Gasteiger partial charge < -0.3 is 5.73 Å². The predicted octanol–water partition coefficient (Wildman–Crippen LogP) is 5.30. The summed E-state index contributed by atoms with van der Waals surface area (Å²) >= 11 is 0. The lowest BCUT2D eigenvalue weighted by Crippen LogP contribution is -2.61. The van der Waals surface area contributed by atoms with Gasteiger partial charge in [-0.25, -0.2) is 0 Å². The molecule has 0 bridgehead atoms. The van der Waals surface area contributed by atoms with Crippen LogP contribution in [0.1, 0.15) is 86.0 Å². The van der Waals surface area contributed by atoms with Crippen molar-refractivity contribution in [2.75, 3.05) is 0 Å². The number of nitriles is 1. The van der Waals surface area contributed by atoms with Gasteiger partial charge in [-0.05, 0) is 72.7 Å². The molecule has 5 aliphatic rings. The second kappa shape index (κ2) is 7.64. The van der Waals surface area contributed by atoms with Gasteiger partial charge in [0.1, 0.15) is 6.07 Å². The lowest BCUT2D eigenvalue weighted by Gasteiger charge is -2.65. The molecule has 0 aliphatic heterocycles. The van der Waals surface area contributed by atoms with Crippen molar-refractivity contribution >= 4 is 17.5 Å². The Bertz CT molecular complexity index is 1110. The number of rotatable bonds is 2. The van der Waals surface area contributed by atoms with Crippen molar-refractivity contribution in [3.8, 4) is 6.07 Å². The van der Waals surface area contributed by atoms with Crippen LogP contribution in [-0.4, -0.2) is 17.5 Å². The van der Waals surface area contributed by atoms with E-state index in [0.717, 1.165) is 50.5 Å². The summed E-state index contributed by atoms with van der Waals surface area (Å²) in [6.07, 6.45) is 11.1. The number of carbonyl (C=O) groups excluding carboxylic acids is 3.